The number of ether oxygens (including phenoxy) is 2. The summed E-state index contributed by atoms with van der Waals surface area (Å²) in [4.78, 5) is -2.25. The highest BCUT2D eigenvalue weighted by atomic mass is 32.2. The van der Waals surface area contributed by atoms with Gasteiger partial charge in [0.2, 0.25) is 0 Å². The summed E-state index contributed by atoms with van der Waals surface area (Å²) in [5.74, 6) is -168. The molecule has 0 amide bonds. The van der Waals surface area contributed by atoms with Gasteiger partial charge in [0, 0.05) is 6.07 Å². The number of halogens is 40. The second-order valence-electron chi connectivity index (χ2n) is 14.0. The maximum Gasteiger partial charge on any atom is 0.385 e. The molecule has 0 bridgehead atoms. The summed E-state index contributed by atoms with van der Waals surface area (Å²) >= 11 is 0. The molecule has 0 spiro atoms. The average Bonchev–Trinajstić information content (AvgIpc) is 3.20. The van der Waals surface area contributed by atoms with Crippen LogP contribution < -0.4 is 9.47 Å². The predicted molar refractivity (Wildman–Crippen MR) is 148 cm³/mol. The van der Waals surface area contributed by atoms with E-state index < -0.39 is 177 Å². The first-order chi connectivity index (χ1) is 31.7. The molecule has 0 aliphatic rings. The van der Waals surface area contributed by atoms with Crippen LogP contribution in [0.2, 0.25) is 0 Å². The van der Waals surface area contributed by atoms with Crippen LogP contribution in [0.4, 0.5) is 176 Å². The highest BCUT2D eigenvalue weighted by Gasteiger charge is 2.99. The fraction of sp³-hybridized carbons (Fsp3) is 0.786. The number of hydrogen-bond acceptors (Lipinski definition) is 4. The normalized spacial score (nSPS) is 16.4. The van der Waals surface area contributed by atoms with Crippen molar-refractivity contribution in [2.75, 3.05) is 13.2 Å². The van der Waals surface area contributed by atoms with Crippen molar-refractivity contribution in [2.45, 2.75) is 124 Å². The topological polar surface area (TPSA) is 72.8 Å². The molecule has 1 N–H and O–H groups in total. The molecule has 0 aromatic heterocycles. The molecular formula is C28H10F40O5S. The lowest BCUT2D eigenvalue weighted by atomic mass is 9.86. The molecule has 438 valence electrons. The van der Waals surface area contributed by atoms with Crippen molar-refractivity contribution >= 4 is 10.1 Å². The molecule has 0 radical (unpaired) electrons. The van der Waals surface area contributed by atoms with Gasteiger partial charge in [-0.05, 0) is 12.1 Å². The van der Waals surface area contributed by atoms with Crippen LogP contribution in [0.15, 0.2) is 23.1 Å². The molecule has 74 heavy (non-hydrogen) atoms. The summed E-state index contributed by atoms with van der Waals surface area (Å²) < 4.78 is 588. The van der Waals surface area contributed by atoms with Crippen molar-refractivity contribution in [1.82, 2.24) is 0 Å². The van der Waals surface area contributed by atoms with Crippen molar-refractivity contribution in [3.63, 3.8) is 0 Å². The van der Waals surface area contributed by atoms with Crippen molar-refractivity contribution in [3.05, 3.63) is 18.2 Å². The van der Waals surface area contributed by atoms with Crippen LogP contribution in [0.1, 0.15) is 0 Å². The number of benzene rings is 1. The molecule has 46 heteroatoms. The van der Waals surface area contributed by atoms with Crippen LogP contribution in [0.3, 0.4) is 0 Å². The van der Waals surface area contributed by atoms with E-state index in [1.165, 1.54) is 0 Å². The van der Waals surface area contributed by atoms with Gasteiger partial charge in [0.05, 0.1) is 4.90 Å². The third-order valence-corrected chi connectivity index (χ3v) is 9.92. The van der Waals surface area contributed by atoms with E-state index in [0.717, 1.165) is 0 Å². The molecule has 0 saturated heterocycles. The summed E-state index contributed by atoms with van der Waals surface area (Å²) in [7, 11) is -6.20. The van der Waals surface area contributed by atoms with Crippen LogP contribution in [0.25, 0.3) is 0 Å². The Labute approximate surface area is 376 Å². The maximum absolute atomic E-state index is 14.5. The van der Waals surface area contributed by atoms with Gasteiger partial charge in [-0.25, -0.2) is 17.6 Å². The molecule has 1 aromatic carbocycles. The van der Waals surface area contributed by atoms with Gasteiger partial charge in [-0.15, -0.1) is 0 Å². The highest BCUT2D eigenvalue weighted by molar-refractivity contribution is 7.85. The molecule has 5 nitrogen and oxygen atoms in total. The van der Waals surface area contributed by atoms with E-state index in [9.17, 15) is 184 Å². The van der Waals surface area contributed by atoms with Gasteiger partial charge in [0.1, 0.15) is 0 Å². The number of rotatable bonds is 25. The summed E-state index contributed by atoms with van der Waals surface area (Å²) in [6, 6.07) is -2.54. The van der Waals surface area contributed by atoms with Crippen molar-refractivity contribution in [1.29, 1.82) is 0 Å². The molecule has 1 rings (SSSR count). The maximum atomic E-state index is 14.5. The van der Waals surface area contributed by atoms with Gasteiger partial charge in [-0.3, -0.25) is 4.55 Å². The highest BCUT2D eigenvalue weighted by Crippen LogP contribution is 2.68. The number of alkyl halides is 40. The molecule has 0 atom stereocenters. The minimum absolute atomic E-state index is 0.604. The Morgan fingerprint density at radius 3 is 0.757 bits per heavy atom. The fourth-order valence-electron chi connectivity index (χ4n) is 4.52. The van der Waals surface area contributed by atoms with Crippen LogP contribution in [0, 0.1) is 0 Å². The quantitative estimate of drug-likeness (QED) is 0.0780. The first-order valence-electron chi connectivity index (χ1n) is 16.4. The summed E-state index contributed by atoms with van der Waals surface area (Å²) in [6.07, 6.45) is -12.9. The van der Waals surface area contributed by atoms with Gasteiger partial charge in [-0.1, -0.05) is 0 Å². The van der Waals surface area contributed by atoms with E-state index in [1.54, 1.807) is 0 Å². The minimum atomic E-state index is -9.63. The Hall–Kier alpha value is -4.07. The Morgan fingerprint density at radius 2 is 0.541 bits per heavy atom. The lowest BCUT2D eigenvalue weighted by Crippen LogP contribution is -2.76. The summed E-state index contributed by atoms with van der Waals surface area (Å²) in [5, 5.41) is 0. The van der Waals surface area contributed by atoms with E-state index in [0.29, 0.717) is 0 Å². The smallest absolute Gasteiger partial charge is 0.385 e. The van der Waals surface area contributed by atoms with E-state index in [2.05, 4.69) is 9.47 Å². The molecule has 0 aliphatic carbocycles. The van der Waals surface area contributed by atoms with Crippen molar-refractivity contribution in [3.8, 4) is 11.5 Å². The van der Waals surface area contributed by atoms with Gasteiger partial charge >= 0.3 is 119 Å². The van der Waals surface area contributed by atoms with E-state index in [4.69, 9.17) is 4.55 Å². The lowest BCUT2D eigenvalue weighted by molar-refractivity contribution is -0.465. The van der Waals surface area contributed by atoms with E-state index in [1.807, 2.05) is 0 Å². The third-order valence-electron chi connectivity index (χ3n) is 9.07. The van der Waals surface area contributed by atoms with Crippen LogP contribution in [-0.2, 0) is 10.1 Å². The Balaban J connectivity index is 3.91. The molecule has 0 aliphatic heterocycles. The first-order valence-corrected chi connectivity index (χ1v) is 17.8. The van der Waals surface area contributed by atoms with Crippen LogP contribution in [0.5, 0.6) is 11.5 Å². The fourth-order valence-corrected chi connectivity index (χ4v) is 5.02. The van der Waals surface area contributed by atoms with Gasteiger partial charge in [0.25, 0.3) is 10.1 Å². The standard InChI is InChI=1S/C28H10F40O5S/c29-9(30)13(37,38)17(45,46)21(53,54)25(61,62)27(65,66)23(57,58)19(49,50)15(41,42)11(33,34)4-72-7-2-1-6(74(69,70)71)3-8(7)73-5-12(35,36)16(43,44)20(51,52)24(59,60)28(67,68)26(63,64)22(55,56)18(47,48)14(39,40)10(31)32/h1-3,9-10H,4-5H2,(H,69,70,71). The molecule has 0 unspecified atom stereocenters. The van der Waals surface area contributed by atoms with Crippen molar-refractivity contribution < 1.29 is 198 Å². The Kier molecular flexibility index (Phi) is 16.8. The van der Waals surface area contributed by atoms with Gasteiger partial charge in [0.15, 0.2) is 24.7 Å². The van der Waals surface area contributed by atoms with Crippen LogP contribution in [-0.4, -0.2) is 146 Å². The van der Waals surface area contributed by atoms with Gasteiger partial charge < -0.3 is 9.47 Å². The van der Waals surface area contributed by atoms with Crippen LogP contribution >= 0.6 is 0 Å². The average molecular weight is 1220 g/mol. The lowest BCUT2D eigenvalue weighted by Gasteiger charge is -2.44. The minimum Gasteiger partial charge on any atom is -0.483 e. The second-order valence-corrected chi connectivity index (χ2v) is 15.4. The van der Waals surface area contributed by atoms with Crippen molar-refractivity contribution in [2.24, 2.45) is 0 Å². The SMILES string of the molecule is O=S(=O)(O)c1ccc(OCC(F)(F)C(F)(F)C(F)(F)C(F)(F)C(F)(F)C(F)(F)C(F)(F)C(F)(F)C(F)(F)C(F)F)c(OCC(F)(F)C(F)(F)C(F)(F)C(F)(F)C(F)(F)C(F)(F)C(F)(F)C(F)(F)C(F)(F)C(F)F)c1. The molecule has 0 fully saturated rings. The zero-order valence-electron chi connectivity index (χ0n) is 32.4. The van der Waals surface area contributed by atoms with E-state index in [-0.39, 0.29) is 0 Å². The van der Waals surface area contributed by atoms with E-state index >= 15 is 0 Å². The Bertz CT molecular complexity index is 2280. The molecule has 0 heterocycles. The molecule has 1 aromatic rings. The van der Waals surface area contributed by atoms with Gasteiger partial charge in [-0.2, -0.15) is 166 Å². The first kappa shape index (κ1) is 67.9. The Morgan fingerprint density at radius 1 is 0.338 bits per heavy atom. The predicted octanol–water partition coefficient (Wildman–Crippen LogP) is 13.7. The zero-order valence-corrected chi connectivity index (χ0v) is 33.2. The third kappa shape index (κ3) is 9.09. The molecular weight excluding hydrogens is 1210 g/mol. The summed E-state index contributed by atoms with van der Waals surface area (Å²) in [6.45, 7) is -8.74. The largest absolute Gasteiger partial charge is 0.483 e. The summed E-state index contributed by atoms with van der Waals surface area (Å²) in [5.41, 5.74) is 0. The molecule has 0 saturated carbocycles. The zero-order chi connectivity index (χ0) is 60.3. The monoisotopic (exact) mass is 1220 g/mol. The number of hydrogen-bond donors (Lipinski definition) is 1. The second kappa shape index (κ2) is 18.3.